The molecule has 180 valence electrons. The summed E-state index contributed by atoms with van der Waals surface area (Å²) in [5.41, 5.74) is 3.32. The van der Waals surface area contributed by atoms with Gasteiger partial charge < -0.3 is 14.9 Å². The first kappa shape index (κ1) is 23.1. The molecular weight excluding hydrogens is 446 g/mol. The van der Waals surface area contributed by atoms with E-state index in [1.165, 1.54) is 11.1 Å². The second-order valence-electron chi connectivity index (χ2n) is 10.4. The molecule has 8 heteroatoms. The number of hydrogen-bond donors (Lipinski definition) is 1. The number of rotatable bonds is 4. The predicted molar refractivity (Wildman–Crippen MR) is 138 cm³/mol. The molecule has 34 heavy (non-hydrogen) atoms. The highest BCUT2D eigenvalue weighted by molar-refractivity contribution is 7.98. The first-order valence-corrected chi connectivity index (χ1v) is 13.1. The van der Waals surface area contributed by atoms with Crippen LogP contribution < -0.4 is 4.90 Å². The Kier molecular flexibility index (Phi) is 5.98. The van der Waals surface area contributed by atoms with Crippen LogP contribution in [-0.2, 0) is 0 Å². The van der Waals surface area contributed by atoms with Gasteiger partial charge in [0.25, 0.3) is 0 Å². The van der Waals surface area contributed by atoms with Gasteiger partial charge in [0.1, 0.15) is 5.03 Å². The summed E-state index contributed by atoms with van der Waals surface area (Å²) in [6.45, 7) is 10.5. The summed E-state index contributed by atoms with van der Waals surface area (Å²) in [5, 5.41) is 16.7. The van der Waals surface area contributed by atoms with Crippen molar-refractivity contribution >= 4 is 34.4 Å². The number of piperazine rings is 1. The van der Waals surface area contributed by atoms with E-state index in [9.17, 15) is 9.90 Å². The molecule has 2 saturated heterocycles. The zero-order valence-corrected chi connectivity index (χ0v) is 21.1. The van der Waals surface area contributed by atoms with Crippen molar-refractivity contribution in [3.63, 3.8) is 0 Å². The zero-order chi connectivity index (χ0) is 24.0. The number of benzene rings is 2. The van der Waals surface area contributed by atoms with E-state index in [1.54, 1.807) is 16.7 Å². The summed E-state index contributed by atoms with van der Waals surface area (Å²) in [6, 6.07) is 17.4. The maximum Gasteiger partial charge on any atom is 0.407 e. The summed E-state index contributed by atoms with van der Waals surface area (Å²) < 4.78 is 2.04. The van der Waals surface area contributed by atoms with Crippen LogP contribution in [0, 0.1) is 5.41 Å². The highest BCUT2D eigenvalue weighted by atomic mass is 32.2. The molecule has 1 aromatic heterocycles. The number of carbonyl (C=O) groups is 1. The number of anilines is 1. The van der Waals surface area contributed by atoms with Crippen molar-refractivity contribution in [1.29, 1.82) is 0 Å². The molecule has 2 aromatic carbocycles. The van der Waals surface area contributed by atoms with Crippen LogP contribution in [0.3, 0.4) is 0 Å². The van der Waals surface area contributed by atoms with Crippen LogP contribution in [0.15, 0.2) is 53.6 Å². The lowest BCUT2D eigenvalue weighted by Crippen LogP contribution is -2.67. The van der Waals surface area contributed by atoms with E-state index in [0.29, 0.717) is 12.6 Å². The fraction of sp³-hybridized carbons (Fsp3) is 0.462. The van der Waals surface area contributed by atoms with Crippen LogP contribution in [-0.4, -0.2) is 81.8 Å². The number of hydrogen-bond acceptors (Lipinski definition) is 5. The average Bonchev–Trinajstić information content (AvgIpc) is 3.16. The number of aromatic nitrogens is 2. The number of para-hydroxylation sites is 1. The molecular formula is C26H33N5O2S. The second kappa shape index (κ2) is 8.82. The Labute approximate surface area is 205 Å². The molecule has 2 aliphatic rings. The van der Waals surface area contributed by atoms with Gasteiger partial charge in [-0.25, -0.2) is 9.48 Å². The van der Waals surface area contributed by atoms with Crippen molar-refractivity contribution in [3.8, 4) is 5.69 Å². The van der Waals surface area contributed by atoms with Gasteiger partial charge in [0.15, 0.2) is 0 Å². The second-order valence-corrected chi connectivity index (χ2v) is 11.2. The first-order chi connectivity index (χ1) is 16.3. The number of carboxylic acid groups (broad SMARTS) is 1. The van der Waals surface area contributed by atoms with Crippen molar-refractivity contribution in [2.24, 2.45) is 5.41 Å². The molecule has 7 nitrogen and oxygen atoms in total. The molecule has 0 saturated carbocycles. The molecule has 3 aromatic rings. The normalized spacial score (nSPS) is 20.1. The summed E-state index contributed by atoms with van der Waals surface area (Å²) in [6.07, 6.45) is 1.27. The Morgan fingerprint density at radius 3 is 2.41 bits per heavy atom. The van der Waals surface area contributed by atoms with Crippen molar-refractivity contribution in [1.82, 2.24) is 19.6 Å². The smallest absolute Gasteiger partial charge is 0.407 e. The Balaban J connectivity index is 1.34. The zero-order valence-electron chi connectivity index (χ0n) is 20.3. The summed E-state index contributed by atoms with van der Waals surface area (Å²) >= 11 is 1.67. The first-order valence-electron chi connectivity index (χ1n) is 11.9. The van der Waals surface area contributed by atoms with E-state index in [0.717, 1.165) is 42.4 Å². The molecule has 3 heterocycles. The summed E-state index contributed by atoms with van der Waals surface area (Å²) in [4.78, 5) is 18.3. The summed E-state index contributed by atoms with van der Waals surface area (Å²) in [7, 11) is 0. The van der Waals surface area contributed by atoms with Gasteiger partial charge >= 0.3 is 6.09 Å². The molecule has 1 atom stereocenters. The van der Waals surface area contributed by atoms with Gasteiger partial charge in [-0.1, -0.05) is 39.0 Å². The molecule has 1 unspecified atom stereocenters. The third-order valence-electron chi connectivity index (χ3n) is 7.23. The monoisotopic (exact) mass is 479 g/mol. The average molecular weight is 480 g/mol. The maximum absolute atomic E-state index is 11.8. The van der Waals surface area contributed by atoms with E-state index in [-0.39, 0.29) is 11.5 Å². The molecule has 0 aliphatic carbocycles. The van der Waals surface area contributed by atoms with Crippen molar-refractivity contribution in [2.75, 3.05) is 43.9 Å². The number of nitrogens with zero attached hydrogens (tertiary/aromatic N) is 5. The lowest BCUT2D eigenvalue weighted by atomic mass is 9.83. The van der Waals surface area contributed by atoms with Crippen molar-refractivity contribution < 1.29 is 9.90 Å². The van der Waals surface area contributed by atoms with Crippen LogP contribution in [0.1, 0.15) is 20.8 Å². The summed E-state index contributed by atoms with van der Waals surface area (Å²) in [5.74, 6) is 0. The predicted octanol–water partition coefficient (Wildman–Crippen LogP) is 4.65. The molecule has 0 radical (unpaired) electrons. The van der Waals surface area contributed by atoms with Gasteiger partial charge in [-0.3, -0.25) is 4.90 Å². The van der Waals surface area contributed by atoms with Gasteiger partial charge in [0.2, 0.25) is 0 Å². The third kappa shape index (κ3) is 4.14. The van der Waals surface area contributed by atoms with Crippen LogP contribution in [0.25, 0.3) is 16.6 Å². The van der Waals surface area contributed by atoms with Gasteiger partial charge in [0, 0.05) is 49.8 Å². The largest absolute Gasteiger partial charge is 0.465 e. The molecule has 5 rings (SSSR count). The van der Waals surface area contributed by atoms with Gasteiger partial charge in [-0.2, -0.15) is 5.10 Å². The Hall–Kier alpha value is -2.71. The molecule has 1 N–H and O–H groups in total. The third-order valence-corrected chi connectivity index (χ3v) is 7.91. The lowest BCUT2D eigenvalue weighted by molar-refractivity contribution is 0.00107. The molecule has 2 aliphatic heterocycles. The van der Waals surface area contributed by atoms with E-state index in [4.69, 9.17) is 5.10 Å². The Morgan fingerprint density at radius 1 is 1.03 bits per heavy atom. The van der Waals surface area contributed by atoms with E-state index in [1.807, 2.05) is 22.9 Å². The van der Waals surface area contributed by atoms with Gasteiger partial charge in [0.05, 0.1) is 17.2 Å². The number of amides is 1. The fourth-order valence-corrected chi connectivity index (χ4v) is 5.75. The Bertz CT molecular complexity index is 1180. The van der Waals surface area contributed by atoms with Crippen LogP contribution in [0.5, 0.6) is 0 Å². The standard InChI is InChI=1S/C26H33N5O2S/c1-26(2,3)23-17-28(12-13-30(23)25(32)33)20-15-29(16-20)19-10-11-21-22(14-19)31(27-24(21)34-4)18-8-6-5-7-9-18/h5-11,14,20,23H,12-13,15-17H2,1-4H3,(H,32,33). The minimum Gasteiger partial charge on any atom is -0.465 e. The number of fused-ring (bicyclic) bond motifs is 1. The van der Waals surface area contributed by atoms with Gasteiger partial charge in [-0.05, 0) is 42.0 Å². The topological polar surface area (TPSA) is 64.8 Å². The number of thioether (sulfide) groups is 1. The van der Waals surface area contributed by atoms with Crippen LogP contribution >= 0.6 is 11.8 Å². The van der Waals surface area contributed by atoms with Crippen molar-refractivity contribution in [3.05, 3.63) is 48.5 Å². The highest BCUT2D eigenvalue weighted by Crippen LogP contribution is 2.34. The van der Waals surface area contributed by atoms with E-state index >= 15 is 0 Å². The maximum atomic E-state index is 11.8. The molecule has 2 fully saturated rings. The SMILES string of the molecule is CSc1nn(-c2ccccc2)c2cc(N3CC(N4CCN(C(=O)O)C(C(C)(C)C)C4)C3)ccc12. The van der Waals surface area contributed by atoms with E-state index < -0.39 is 6.09 Å². The van der Waals surface area contributed by atoms with Crippen LogP contribution in [0.4, 0.5) is 10.5 Å². The van der Waals surface area contributed by atoms with Crippen molar-refractivity contribution in [2.45, 2.75) is 37.9 Å². The molecule has 1 amide bonds. The quantitative estimate of drug-likeness (QED) is 0.550. The minimum absolute atomic E-state index is 0.00865. The molecule has 0 bridgehead atoms. The fourth-order valence-electron chi connectivity index (χ4n) is 5.19. The van der Waals surface area contributed by atoms with Gasteiger partial charge in [-0.15, -0.1) is 11.8 Å². The molecule has 0 spiro atoms. The lowest BCUT2D eigenvalue weighted by Gasteiger charge is -2.53. The highest BCUT2D eigenvalue weighted by Gasteiger charge is 2.42. The van der Waals surface area contributed by atoms with Crippen LogP contribution in [0.2, 0.25) is 0 Å². The minimum atomic E-state index is -0.803. The van der Waals surface area contributed by atoms with E-state index in [2.05, 4.69) is 67.2 Å². The Morgan fingerprint density at radius 2 is 1.76 bits per heavy atom.